The van der Waals surface area contributed by atoms with Gasteiger partial charge < -0.3 is 19.9 Å². The monoisotopic (exact) mass is 317 g/mol. The first-order valence-electron chi connectivity index (χ1n) is 8.94. The number of likely N-dealkylation sites (N-methyl/N-ethyl adjacent to an activating group) is 1. The van der Waals surface area contributed by atoms with Crippen LogP contribution in [0.15, 0.2) is 18.2 Å². The first kappa shape index (κ1) is 16.7. The number of nitrogens with zero attached hydrogens (tertiary/aromatic N) is 2. The van der Waals surface area contributed by atoms with Crippen molar-refractivity contribution in [1.82, 2.24) is 15.1 Å². The van der Waals surface area contributed by atoms with Gasteiger partial charge in [0.25, 0.3) is 0 Å². The molecular formula is C19H31N3O. The smallest absolute Gasteiger partial charge is 0.123 e. The predicted molar refractivity (Wildman–Crippen MR) is 95.1 cm³/mol. The fraction of sp³-hybridized carbons (Fsp3) is 0.684. The highest BCUT2D eigenvalue weighted by Gasteiger charge is 2.29. The van der Waals surface area contributed by atoms with E-state index in [0.29, 0.717) is 0 Å². The Kier molecular flexibility index (Phi) is 5.24. The lowest BCUT2D eigenvalue weighted by Crippen LogP contribution is -2.45. The second kappa shape index (κ2) is 7.20. The Bertz CT molecular complexity index is 521. The van der Waals surface area contributed by atoms with Crippen molar-refractivity contribution >= 4 is 0 Å². The molecule has 3 rings (SSSR count). The maximum absolute atomic E-state index is 5.94. The van der Waals surface area contributed by atoms with Crippen molar-refractivity contribution in [3.63, 3.8) is 0 Å². The van der Waals surface area contributed by atoms with Crippen LogP contribution >= 0.6 is 0 Å². The van der Waals surface area contributed by atoms with Crippen molar-refractivity contribution in [2.24, 2.45) is 0 Å². The maximum Gasteiger partial charge on any atom is 0.123 e. The number of piperazine rings is 1. The standard InChI is InChI=1S/C19H31N3O/c1-19(2)14-17-13-16(5-6-18(17)23-19)15-20-7-4-8-22-11-9-21(3)10-12-22/h5-6,13,20H,4,7-12,14-15H2,1-3H3. The lowest BCUT2D eigenvalue weighted by atomic mass is 10.0. The summed E-state index contributed by atoms with van der Waals surface area (Å²) in [6.45, 7) is 12.4. The Balaban J connectivity index is 1.35. The molecule has 0 aliphatic carbocycles. The van der Waals surface area contributed by atoms with E-state index in [1.165, 1.54) is 50.3 Å². The SMILES string of the molecule is CN1CCN(CCCNCc2ccc3c(c2)CC(C)(C)O3)CC1. The summed E-state index contributed by atoms with van der Waals surface area (Å²) in [7, 11) is 2.21. The number of ether oxygens (including phenoxy) is 1. The summed E-state index contributed by atoms with van der Waals surface area (Å²) in [4.78, 5) is 4.99. The number of benzene rings is 1. The molecule has 1 fully saturated rings. The van der Waals surface area contributed by atoms with E-state index in [1.807, 2.05) is 0 Å². The van der Waals surface area contributed by atoms with Gasteiger partial charge in [0.05, 0.1) is 0 Å². The summed E-state index contributed by atoms with van der Waals surface area (Å²) in [5.74, 6) is 1.06. The van der Waals surface area contributed by atoms with Crippen LogP contribution in [0.2, 0.25) is 0 Å². The van der Waals surface area contributed by atoms with Gasteiger partial charge in [-0.3, -0.25) is 0 Å². The van der Waals surface area contributed by atoms with E-state index in [9.17, 15) is 0 Å². The van der Waals surface area contributed by atoms with Gasteiger partial charge in [0, 0.05) is 39.1 Å². The van der Waals surface area contributed by atoms with E-state index < -0.39 is 0 Å². The van der Waals surface area contributed by atoms with Gasteiger partial charge in [0.2, 0.25) is 0 Å². The van der Waals surface area contributed by atoms with Gasteiger partial charge in [-0.15, -0.1) is 0 Å². The number of hydrogen-bond acceptors (Lipinski definition) is 4. The molecule has 1 aromatic carbocycles. The molecular weight excluding hydrogens is 286 g/mol. The summed E-state index contributed by atoms with van der Waals surface area (Å²) in [5, 5.41) is 3.58. The molecule has 2 heterocycles. The molecule has 0 aromatic heterocycles. The zero-order valence-corrected chi connectivity index (χ0v) is 14.9. The Labute approximate surface area is 140 Å². The Morgan fingerprint density at radius 2 is 1.96 bits per heavy atom. The van der Waals surface area contributed by atoms with Crippen LogP contribution in [0.4, 0.5) is 0 Å². The van der Waals surface area contributed by atoms with Crippen LogP contribution in [0.5, 0.6) is 5.75 Å². The zero-order valence-electron chi connectivity index (χ0n) is 14.9. The summed E-state index contributed by atoms with van der Waals surface area (Å²) in [6.07, 6.45) is 2.24. The molecule has 1 N–H and O–H groups in total. The number of fused-ring (bicyclic) bond motifs is 1. The Morgan fingerprint density at radius 3 is 2.74 bits per heavy atom. The average molecular weight is 317 g/mol. The summed E-state index contributed by atoms with van der Waals surface area (Å²) >= 11 is 0. The molecule has 128 valence electrons. The molecule has 0 saturated carbocycles. The van der Waals surface area contributed by atoms with Gasteiger partial charge in [-0.1, -0.05) is 12.1 Å². The van der Waals surface area contributed by atoms with Crippen LogP contribution in [-0.4, -0.2) is 61.7 Å². The van der Waals surface area contributed by atoms with Crippen LogP contribution in [0.1, 0.15) is 31.4 Å². The summed E-state index contributed by atoms with van der Waals surface area (Å²) in [5.41, 5.74) is 2.67. The van der Waals surface area contributed by atoms with E-state index in [0.717, 1.165) is 25.3 Å². The summed E-state index contributed by atoms with van der Waals surface area (Å²) in [6, 6.07) is 6.62. The second-order valence-corrected chi connectivity index (χ2v) is 7.66. The van der Waals surface area contributed by atoms with E-state index in [2.05, 4.69) is 54.2 Å². The lowest BCUT2D eigenvalue weighted by Gasteiger charge is -2.32. The van der Waals surface area contributed by atoms with Crippen LogP contribution < -0.4 is 10.1 Å². The molecule has 0 bridgehead atoms. The molecule has 2 aliphatic rings. The second-order valence-electron chi connectivity index (χ2n) is 7.66. The molecule has 2 aliphatic heterocycles. The molecule has 4 heteroatoms. The minimum absolute atomic E-state index is 0.0447. The topological polar surface area (TPSA) is 27.7 Å². The molecule has 0 radical (unpaired) electrons. The normalized spacial score (nSPS) is 21.2. The minimum Gasteiger partial charge on any atom is -0.487 e. The predicted octanol–water partition coefficient (Wildman–Crippen LogP) is 2.13. The van der Waals surface area contributed by atoms with Crippen molar-refractivity contribution in [2.75, 3.05) is 46.3 Å². The van der Waals surface area contributed by atoms with E-state index in [-0.39, 0.29) is 5.60 Å². The fourth-order valence-electron chi connectivity index (χ4n) is 3.50. The summed E-state index contributed by atoms with van der Waals surface area (Å²) < 4.78 is 5.94. The van der Waals surface area contributed by atoms with Crippen LogP contribution in [0.3, 0.4) is 0 Å². The van der Waals surface area contributed by atoms with Gasteiger partial charge in [0.15, 0.2) is 0 Å². The van der Waals surface area contributed by atoms with Crippen molar-refractivity contribution in [3.05, 3.63) is 29.3 Å². The third-order valence-electron chi connectivity index (χ3n) is 4.88. The molecule has 0 amide bonds. The fourth-order valence-corrected chi connectivity index (χ4v) is 3.50. The quantitative estimate of drug-likeness (QED) is 0.814. The zero-order chi connectivity index (χ0) is 16.3. The molecule has 0 atom stereocenters. The Hall–Kier alpha value is -1.10. The molecule has 1 aromatic rings. The first-order chi connectivity index (χ1) is 11.0. The highest BCUT2D eigenvalue weighted by molar-refractivity contribution is 5.41. The van der Waals surface area contributed by atoms with Gasteiger partial charge in [-0.25, -0.2) is 0 Å². The van der Waals surface area contributed by atoms with Crippen molar-refractivity contribution in [2.45, 2.75) is 38.8 Å². The molecule has 4 nitrogen and oxygen atoms in total. The average Bonchev–Trinajstić information content (AvgIpc) is 2.82. The van der Waals surface area contributed by atoms with Crippen LogP contribution in [-0.2, 0) is 13.0 Å². The van der Waals surface area contributed by atoms with Crippen molar-refractivity contribution in [1.29, 1.82) is 0 Å². The Morgan fingerprint density at radius 1 is 1.17 bits per heavy atom. The molecule has 0 unspecified atom stereocenters. The largest absolute Gasteiger partial charge is 0.487 e. The number of hydrogen-bond donors (Lipinski definition) is 1. The highest BCUT2D eigenvalue weighted by Crippen LogP contribution is 2.35. The van der Waals surface area contributed by atoms with E-state index in [1.54, 1.807) is 0 Å². The number of rotatable bonds is 6. The molecule has 23 heavy (non-hydrogen) atoms. The van der Waals surface area contributed by atoms with Gasteiger partial charge in [-0.05, 0) is 57.6 Å². The maximum atomic E-state index is 5.94. The minimum atomic E-state index is -0.0447. The van der Waals surface area contributed by atoms with E-state index >= 15 is 0 Å². The number of nitrogens with one attached hydrogen (secondary N) is 1. The molecule has 0 spiro atoms. The van der Waals surface area contributed by atoms with Gasteiger partial charge >= 0.3 is 0 Å². The third kappa shape index (κ3) is 4.69. The van der Waals surface area contributed by atoms with Crippen LogP contribution in [0, 0.1) is 0 Å². The van der Waals surface area contributed by atoms with Gasteiger partial charge in [-0.2, -0.15) is 0 Å². The van der Waals surface area contributed by atoms with E-state index in [4.69, 9.17) is 4.74 Å². The molecule has 1 saturated heterocycles. The highest BCUT2D eigenvalue weighted by atomic mass is 16.5. The lowest BCUT2D eigenvalue weighted by molar-refractivity contribution is 0.138. The van der Waals surface area contributed by atoms with Gasteiger partial charge in [0.1, 0.15) is 11.4 Å². The third-order valence-corrected chi connectivity index (χ3v) is 4.88. The van der Waals surface area contributed by atoms with Crippen LogP contribution in [0.25, 0.3) is 0 Å². The first-order valence-corrected chi connectivity index (χ1v) is 8.94. The van der Waals surface area contributed by atoms with Crippen molar-refractivity contribution in [3.8, 4) is 5.75 Å². The van der Waals surface area contributed by atoms with Crippen molar-refractivity contribution < 1.29 is 4.74 Å².